The van der Waals surface area contributed by atoms with Crippen LogP contribution in [-0.2, 0) is 10.8 Å². The first kappa shape index (κ1) is 30.2. The van der Waals surface area contributed by atoms with Crippen LogP contribution in [0.3, 0.4) is 0 Å². The van der Waals surface area contributed by atoms with Crippen molar-refractivity contribution in [3.05, 3.63) is 124 Å². The van der Waals surface area contributed by atoms with Gasteiger partial charge in [0, 0.05) is 10.0 Å². The lowest BCUT2D eigenvalue weighted by Gasteiger charge is -2.19. The third-order valence-corrected chi connectivity index (χ3v) is 5.74. The number of rotatable bonds is 2. The first-order valence-electron chi connectivity index (χ1n) is 12.0. The van der Waals surface area contributed by atoms with Gasteiger partial charge in [0.15, 0.2) is 0 Å². The second-order valence-corrected chi connectivity index (χ2v) is 11.4. The lowest BCUT2D eigenvalue weighted by molar-refractivity contribution is 0.475. The Bertz CT molecular complexity index is 1220. The van der Waals surface area contributed by atoms with E-state index in [4.69, 9.17) is 33.0 Å². The van der Waals surface area contributed by atoms with Gasteiger partial charge in [-0.25, -0.2) is 4.39 Å². The van der Waals surface area contributed by atoms with E-state index in [1.54, 1.807) is 24.3 Å². The second kappa shape index (κ2) is 13.5. The smallest absolute Gasteiger partial charge is 0.128 e. The Morgan fingerprint density at radius 3 is 1.46 bits per heavy atom. The number of halogens is 3. The van der Waals surface area contributed by atoms with Gasteiger partial charge < -0.3 is 9.84 Å². The maximum Gasteiger partial charge on any atom is 0.128 e. The standard InChI is InChI=1S/C16H17ClO.C10H13F.C6H5ClO/c1-16(2,3)12-7-9-14(10-8-12)18-15-6-4-5-13(17)11-15;1-10(2,3)8-4-6-9(11)7-5-8;7-5-2-1-3-6(8)4-5/h4-11H,1-3H3;4-7H,1-3H3;1-4,8H. The summed E-state index contributed by atoms with van der Waals surface area (Å²) in [6, 6.07) is 28.7. The number of aromatic hydroxyl groups is 1. The van der Waals surface area contributed by atoms with Gasteiger partial charge in [0.25, 0.3) is 0 Å². The Hall–Kier alpha value is -3.01. The minimum atomic E-state index is -0.169. The molecule has 0 radical (unpaired) electrons. The fraction of sp³-hybridized carbons (Fsp3) is 0.250. The molecule has 0 aliphatic heterocycles. The molecule has 0 unspecified atom stereocenters. The third kappa shape index (κ3) is 11.3. The van der Waals surface area contributed by atoms with Gasteiger partial charge in [-0.05, 0) is 82.6 Å². The minimum Gasteiger partial charge on any atom is -0.508 e. The summed E-state index contributed by atoms with van der Waals surface area (Å²) in [5.74, 6) is 1.62. The van der Waals surface area contributed by atoms with Gasteiger partial charge in [-0.15, -0.1) is 0 Å². The first-order valence-corrected chi connectivity index (χ1v) is 12.7. The molecule has 37 heavy (non-hydrogen) atoms. The Balaban J connectivity index is 0.000000215. The number of phenolic OH excluding ortho intramolecular Hbond substituents is 1. The molecule has 0 spiro atoms. The highest BCUT2D eigenvalue weighted by atomic mass is 35.5. The minimum absolute atomic E-state index is 0.119. The van der Waals surface area contributed by atoms with E-state index in [0.717, 1.165) is 11.5 Å². The van der Waals surface area contributed by atoms with Crippen molar-refractivity contribution >= 4 is 23.2 Å². The molecule has 4 aromatic carbocycles. The monoisotopic (exact) mass is 540 g/mol. The second-order valence-electron chi connectivity index (χ2n) is 10.6. The van der Waals surface area contributed by atoms with Crippen molar-refractivity contribution in [1.29, 1.82) is 0 Å². The van der Waals surface area contributed by atoms with E-state index in [-0.39, 0.29) is 22.4 Å². The maximum atomic E-state index is 12.5. The zero-order valence-electron chi connectivity index (χ0n) is 22.2. The Morgan fingerprint density at radius 2 is 1.05 bits per heavy atom. The molecule has 0 aliphatic rings. The largest absolute Gasteiger partial charge is 0.508 e. The normalized spacial score (nSPS) is 10.9. The van der Waals surface area contributed by atoms with Crippen LogP contribution in [0.15, 0.2) is 97.1 Å². The van der Waals surface area contributed by atoms with Crippen molar-refractivity contribution in [3.63, 3.8) is 0 Å². The number of hydrogen-bond acceptors (Lipinski definition) is 2. The number of ether oxygens (including phenoxy) is 1. The van der Waals surface area contributed by atoms with Crippen molar-refractivity contribution in [1.82, 2.24) is 0 Å². The van der Waals surface area contributed by atoms with Gasteiger partial charge in [0.05, 0.1) is 0 Å². The van der Waals surface area contributed by atoms with Gasteiger partial charge in [-0.3, -0.25) is 0 Å². The number of hydrogen-bond donors (Lipinski definition) is 1. The van der Waals surface area contributed by atoms with E-state index in [1.165, 1.54) is 29.3 Å². The van der Waals surface area contributed by atoms with Crippen LogP contribution in [0.25, 0.3) is 0 Å². The van der Waals surface area contributed by atoms with E-state index in [9.17, 15) is 4.39 Å². The molecule has 0 fully saturated rings. The molecule has 0 saturated heterocycles. The van der Waals surface area contributed by atoms with E-state index < -0.39 is 0 Å². The molecule has 4 aromatic rings. The fourth-order valence-corrected chi connectivity index (χ4v) is 3.48. The van der Waals surface area contributed by atoms with Gasteiger partial charge in [-0.2, -0.15) is 0 Å². The average molecular weight is 542 g/mol. The van der Waals surface area contributed by atoms with Gasteiger partial charge in [-0.1, -0.05) is 101 Å². The first-order chi connectivity index (χ1) is 17.2. The number of benzene rings is 4. The molecular weight excluding hydrogens is 506 g/mol. The molecule has 196 valence electrons. The van der Waals surface area contributed by atoms with Gasteiger partial charge in [0.2, 0.25) is 0 Å². The summed E-state index contributed by atoms with van der Waals surface area (Å²) in [4.78, 5) is 0. The molecule has 4 rings (SSSR count). The molecule has 0 atom stereocenters. The molecule has 0 aromatic heterocycles. The Kier molecular flexibility index (Phi) is 11.0. The van der Waals surface area contributed by atoms with Crippen LogP contribution in [0.1, 0.15) is 52.7 Å². The van der Waals surface area contributed by atoms with Crippen LogP contribution in [0.4, 0.5) is 4.39 Å². The maximum absolute atomic E-state index is 12.5. The molecule has 5 heteroatoms. The highest BCUT2D eigenvalue weighted by molar-refractivity contribution is 6.31. The molecule has 0 bridgehead atoms. The SMILES string of the molecule is CC(C)(C)c1ccc(F)cc1.CC(C)(C)c1ccc(Oc2cccc(Cl)c2)cc1.Oc1cccc(Cl)c1. The topological polar surface area (TPSA) is 29.5 Å². The van der Waals surface area contributed by atoms with Crippen molar-refractivity contribution < 1.29 is 14.2 Å². The molecular formula is C32H35Cl2FO2. The van der Waals surface area contributed by atoms with Crippen LogP contribution in [-0.4, -0.2) is 5.11 Å². The molecule has 1 N–H and O–H groups in total. The fourth-order valence-electron chi connectivity index (χ4n) is 3.12. The molecule has 2 nitrogen and oxygen atoms in total. The van der Waals surface area contributed by atoms with Crippen LogP contribution >= 0.6 is 23.2 Å². The molecule has 0 amide bonds. The van der Waals surface area contributed by atoms with Crippen molar-refractivity contribution in [2.24, 2.45) is 0 Å². The van der Waals surface area contributed by atoms with Crippen molar-refractivity contribution in [2.75, 3.05) is 0 Å². The van der Waals surface area contributed by atoms with Crippen LogP contribution < -0.4 is 4.74 Å². The lowest BCUT2D eigenvalue weighted by atomic mass is 9.87. The highest BCUT2D eigenvalue weighted by Gasteiger charge is 2.13. The van der Waals surface area contributed by atoms with E-state index in [2.05, 4.69) is 53.7 Å². The van der Waals surface area contributed by atoms with Crippen molar-refractivity contribution in [3.8, 4) is 17.2 Å². The van der Waals surface area contributed by atoms with Crippen LogP contribution in [0, 0.1) is 5.82 Å². The zero-order chi connectivity index (χ0) is 27.6. The van der Waals surface area contributed by atoms with Gasteiger partial charge in [0.1, 0.15) is 23.1 Å². The summed E-state index contributed by atoms with van der Waals surface area (Å²) in [5, 5.41) is 9.97. The van der Waals surface area contributed by atoms with E-state index in [0.29, 0.717) is 10.0 Å². The number of phenols is 1. The summed E-state index contributed by atoms with van der Waals surface area (Å²) < 4.78 is 18.2. The van der Waals surface area contributed by atoms with Crippen molar-refractivity contribution in [2.45, 2.75) is 52.4 Å². The predicted molar refractivity (Wildman–Crippen MR) is 155 cm³/mol. The van der Waals surface area contributed by atoms with E-state index >= 15 is 0 Å². The average Bonchev–Trinajstić information content (AvgIpc) is 2.79. The van der Waals surface area contributed by atoms with E-state index in [1.807, 2.05) is 42.5 Å². The molecule has 0 heterocycles. The summed E-state index contributed by atoms with van der Waals surface area (Å²) in [6.07, 6.45) is 0. The quantitative estimate of drug-likeness (QED) is 0.274. The Labute approximate surface area is 230 Å². The highest BCUT2D eigenvalue weighted by Crippen LogP contribution is 2.28. The summed E-state index contributed by atoms with van der Waals surface area (Å²) in [5.41, 5.74) is 2.74. The third-order valence-electron chi connectivity index (χ3n) is 5.27. The summed E-state index contributed by atoms with van der Waals surface area (Å²) in [7, 11) is 0. The molecule has 0 aliphatic carbocycles. The predicted octanol–water partition coefficient (Wildman–Crippen LogP) is 10.6. The zero-order valence-corrected chi connectivity index (χ0v) is 23.7. The van der Waals surface area contributed by atoms with Crippen LogP contribution in [0.5, 0.6) is 17.2 Å². The lowest BCUT2D eigenvalue weighted by Crippen LogP contribution is -2.10. The van der Waals surface area contributed by atoms with Crippen LogP contribution in [0.2, 0.25) is 10.0 Å². The van der Waals surface area contributed by atoms with Gasteiger partial charge >= 0.3 is 0 Å². The molecule has 0 saturated carbocycles. The Morgan fingerprint density at radius 1 is 0.595 bits per heavy atom. The summed E-state index contributed by atoms with van der Waals surface area (Å²) in [6.45, 7) is 12.9. The summed E-state index contributed by atoms with van der Waals surface area (Å²) >= 11 is 11.4.